The van der Waals surface area contributed by atoms with E-state index < -0.39 is 0 Å². The number of rotatable bonds is 5. The van der Waals surface area contributed by atoms with Gasteiger partial charge in [0.1, 0.15) is 5.76 Å². The summed E-state index contributed by atoms with van der Waals surface area (Å²) < 4.78 is 11.9. The number of furan rings is 1. The van der Waals surface area contributed by atoms with Crippen LogP contribution in [-0.4, -0.2) is 39.6 Å². The maximum Gasteiger partial charge on any atom is 0.117 e. The molecule has 1 spiro atoms. The highest BCUT2D eigenvalue weighted by Crippen LogP contribution is 2.46. The summed E-state index contributed by atoms with van der Waals surface area (Å²) in [6.07, 6.45) is 3.25. The van der Waals surface area contributed by atoms with E-state index >= 15 is 0 Å². The molecule has 2 fully saturated rings. The number of thioether (sulfide) groups is 1. The van der Waals surface area contributed by atoms with Crippen LogP contribution in [0.25, 0.3) is 0 Å². The number of hydrogen-bond acceptors (Lipinski definition) is 5. The Labute approximate surface area is 141 Å². The summed E-state index contributed by atoms with van der Waals surface area (Å²) in [6, 6.07) is 10.1. The lowest BCUT2D eigenvalue weighted by Crippen LogP contribution is -2.58. The van der Waals surface area contributed by atoms with Crippen molar-refractivity contribution in [1.82, 2.24) is 9.88 Å². The van der Waals surface area contributed by atoms with Crippen molar-refractivity contribution in [3.05, 3.63) is 53.7 Å². The third kappa shape index (κ3) is 3.47. The third-order valence-electron chi connectivity index (χ3n) is 4.57. The van der Waals surface area contributed by atoms with Crippen molar-refractivity contribution < 1.29 is 9.15 Å². The molecule has 1 atom stereocenters. The Balaban J connectivity index is 1.24. The van der Waals surface area contributed by atoms with Gasteiger partial charge in [-0.15, -0.1) is 11.8 Å². The van der Waals surface area contributed by atoms with Crippen LogP contribution in [0.4, 0.5) is 0 Å². The first kappa shape index (κ1) is 15.2. The van der Waals surface area contributed by atoms with Gasteiger partial charge in [-0.3, -0.25) is 9.88 Å². The number of nitrogens with zero attached hydrogens (tertiary/aromatic N) is 2. The summed E-state index contributed by atoms with van der Waals surface area (Å²) in [6.45, 7) is 5.85. The van der Waals surface area contributed by atoms with Gasteiger partial charge >= 0.3 is 0 Å². The number of hydrogen-bond donors (Lipinski definition) is 0. The third-order valence-corrected chi connectivity index (χ3v) is 6.15. The van der Waals surface area contributed by atoms with E-state index in [1.807, 2.05) is 37.3 Å². The standard InChI is InChI=1S/C18H22N2O2S/c1-14-4-2-5-15(19-14)10-22-17-8-18(23-11-17)12-20(13-18)9-16-6-3-7-21-16/h2-7,17H,8-13H2,1H3. The monoisotopic (exact) mass is 330 g/mol. The largest absolute Gasteiger partial charge is 0.468 e. The van der Waals surface area contributed by atoms with Crippen LogP contribution in [0.2, 0.25) is 0 Å². The highest BCUT2D eigenvalue weighted by molar-refractivity contribution is 8.01. The van der Waals surface area contributed by atoms with E-state index in [0.717, 1.165) is 49.0 Å². The molecule has 23 heavy (non-hydrogen) atoms. The number of pyridine rings is 1. The zero-order chi connectivity index (χ0) is 15.7. The van der Waals surface area contributed by atoms with E-state index in [1.165, 1.54) is 0 Å². The molecule has 2 aromatic heterocycles. The van der Waals surface area contributed by atoms with Gasteiger partial charge in [0.15, 0.2) is 0 Å². The van der Waals surface area contributed by atoms with Gasteiger partial charge in [0.05, 0.1) is 31.2 Å². The van der Waals surface area contributed by atoms with Crippen LogP contribution in [-0.2, 0) is 17.9 Å². The van der Waals surface area contributed by atoms with E-state index in [4.69, 9.17) is 9.15 Å². The molecule has 2 aromatic rings. The predicted octanol–water partition coefficient (Wildman–Crippen LogP) is 3.26. The number of ether oxygens (including phenoxy) is 1. The summed E-state index contributed by atoms with van der Waals surface area (Å²) in [4.78, 5) is 6.96. The molecule has 0 N–H and O–H groups in total. The van der Waals surface area contributed by atoms with Crippen LogP contribution in [0.15, 0.2) is 41.0 Å². The van der Waals surface area contributed by atoms with Crippen LogP contribution in [0.1, 0.15) is 23.6 Å². The summed E-state index contributed by atoms with van der Waals surface area (Å²) >= 11 is 2.08. The van der Waals surface area contributed by atoms with Crippen LogP contribution in [0.5, 0.6) is 0 Å². The van der Waals surface area contributed by atoms with E-state index in [-0.39, 0.29) is 0 Å². The lowest BCUT2D eigenvalue weighted by Gasteiger charge is -2.47. The first-order chi connectivity index (χ1) is 11.2. The van der Waals surface area contributed by atoms with Crippen LogP contribution in [0, 0.1) is 6.92 Å². The molecule has 0 bridgehead atoms. The van der Waals surface area contributed by atoms with Crippen LogP contribution < -0.4 is 0 Å². The Morgan fingerprint density at radius 2 is 2.26 bits per heavy atom. The summed E-state index contributed by atoms with van der Waals surface area (Å²) in [7, 11) is 0. The first-order valence-corrected chi connectivity index (χ1v) is 9.12. The summed E-state index contributed by atoms with van der Waals surface area (Å²) in [5, 5.41) is 0. The van der Waals surface area contributed by atoms with Gasteiger partial charge in [0, 0.05) is 29.3 Å². The molecule has 1 unspecified atom stereocenters. The number of aromatic nitrogens is 1. The molecule has 0 amide bonds. The molecule has 0 radical (unpaired) electrons. The molecule has 2 saturated heterocycles. The van der Waals surface area contributed by atoms with Crippen LogP contribution >= 0.6 is 11.8 Å². The summed E-state index contributed by atoms with van der Waals surface area (Å²) in [5.41, 5.74) is 2.08. The van der Waals surface area contributed by atoms with Crippen molar-refractivity contribution in [2.75, 3.05) is 18.8 Å². The minimum Gasteiger partial charge on any atom is -0.468 e. The van der Waals surface area contributed by atoms with Crippen molar-refractivity contribution in [2.24, 2.45) is 0 Å². The number of likely N-dealkylation sites (tertiary alicyclic amines) is 1. The normalized spacial score (nSPS) is 23.3. The fraction of sp³-hybridized carbons (Fsp3) is 0.500. The summed E-state index contributed by atoms with van der Waals surface area (Å²) in [5.74, 6) is 2.15. The lowest BCUT2D eigenvalue weighted by atomic mass is 9.93. The Bertz CT molecular complexity index is 653. The molecule has 4 heterocycles. The molecule has 2 aliphatic rings. The highest BCUT2D eigenvalue weighted by Gasteiger charge is 2.49. The highest BCUT2D eigenvalue weighted by atomic mass is 32.2. The van der Waals surface area contributed by atoms with E-state index in [2.05, 4.69) is 21.6 Å². The van der Waals surface area contributed by atoms with Gasteiger partial charge in [0.25, 0.3) is 0 Å². The van der Waals surface area contributed by atoms with Gasteiger partial charge in [-0.25, -0.2) is 0 Å². The molecular formula is C18H22N2O2S. The average molecular weight is 330 g/mol. The van der Waals surface area contributed by atoms with E-state index in [0.29, 0.717) is 17.5 Å². The first-order valence-electron chi connectivity index (χ1n) is 8.14. The van der Waals surface area contributed by atoms with Crippen molar-refractivity contribution >= 4 is 11.8 Å². The fourth-order valence-electron chi connectivity index (χ4n) is 3.52. The molecule has 5 heteroatoms. The van der Waals surface area contributed by atoms with Crippen molar-refractivity contribution in [3.8, 4) is 0 Å². The Morgan fingerprint density at radius 1 is 1.35 bits per heavy atom. The van der Waals surface area contributed by atoms with Gasteiger partial charge in [0.2, 0.25) is 0 Å². The van der Waals surface area contributed by atoms with Gasteiger partial charge in [-0.05, 0) is 37.6 Å². The molecule has 4 nitrogen and oxygen atoms in total. The van der Waals surface area contributed by atoms with Crippen molar-refractivity contribution in [2.45, 2.75) is 37.3 Å². The topological polar surface area (TPSA) is 38.5 Å². The maximum absolute atomic E-state index is 6.10. The molecule has 0 aromatic carbocycles. The molecule has 122 valence electrons. The van der Waals surface area contributed by atoms with Gasteiger partial charge in [-0.1, -0.05) is 6.07 Å². The fourth-order valence-corrected chi connectivity index (χ4v) is 5.12. The Hall–Kier alpha value is -1.30. The molecule has 0 aliphatic carbocycles. The Kier molecular flexibility index (Phi) is 4.18. The SMILES string of the molecule is Cc1cccc(COC2CSC3(C2)CN(Cc2ccco2)C3)n1. The molecule has 4 rings (SSSR count). The quantitative estimate of drug-likeness (QED) is 0.841. The smallest absolute Gasteiger partial charge is 0.117 e. The van der Waals surface area contributed by atoms with E-state index in [1.54, 1.807) is 6.26 Å². The molecular weight excluding hydrogens is 308 g/mol. The zero-order valence-corrected chi connectivity index (χ0v) is 14.2. The average Bonchev–Trinajstić information content (AvgIpc) is 3.15. The second-order valence-corrected chi connectivity index (χ2v) is 8.11. The lowest BCUT2D eigenvalue weighted by molar-refractivity contribution is 0.0237. The van der Waals surface area contributed by atoms with Crippen molar-refractivity contribution in [1.29, 1.82) is 0 Å². The number of aryl methyl sites for hydroxylation is 1. The Morgan fingerprint density at radius 3 is 3.04 bits per heavy atom. The molecule has 2 aliphatic heterocycles. The van der Waals surface area contributed by atoms with Crippen LogP contribution in [0.3, 0.4) is 0 Å². The van der Waals surface area contributed by atoms with Gasteiger partial charge < -0.3 is 9.15 Å². The second-order valence-electron chi connectivity index (χ2n) is 6.63. The minimum atomic E-state index is 0.355. The minimum absolute atomic E-state index is 0.355. The predicted molar refractivity (Wildman–Crippen MR) is 91.3 cm³/mol. The molecule has 0 saturated carbocycles. The van der Waals surface area contributed by atoms with Gasteiger partial charge in [-0.2, -0.15) is 0 Å². The van der Waals surface area contributed by atoms with E-state index in [9.17, 15) is 0 Å². The maximum atomic E-state index is 6.10. The second kappa shape index (κ2) is 6.30. The zero-order valence-electron chi connectivity index (χ0n) is 13.4. The van der Waals surface area contributed by atoms with Crippen molar-refractivity contribution in [3.63, 3.8) is 0 Å².